The van der Waals surface area contributed by atoms with Gasteiger partial charge in [0, 0.05) is 5.56 Å². The van der Waals surface area contributed by atoms with Crippen molar-refractivity contribution < 1.29 is 13.0 Å². The number of benzene rings is 1. The molecule has 1 aromatic heterocycles. The van der Waals surface area contributed by atoms with Crippen molar-refractivity contribution in [2.24, 2.45) is 4.40 Å². The molecule has 0 fully saturated rings. The molecule has 0 aliphatic heterocycles. The third-order valence-corrected chi connectivity index (χ3v) is 5.87. The first-order valence-electron chi connectivity index (χ1n) is 6.94. The van der Waals surface area contributed by atoms with E-state index in [2.05, 4.69) is 9.50 Å². The van der Waals surface area contributed by atoms with Crippen LogP contribution in [0.15, 0.2) is 46.0 Å². The van der Waals surface area contributed by atoms with Gasteiger partial charge in [-0.1, -0.05) is 22.1 Å². The summed E-state index contributed by atoms with van der Waals surface area (Å²) in [5.41, 5.74) is 1.44. The summed E-state index contributed by atoms with van der Waals surface area (Å²) < 4.78 is 41.1. The second-order valence-corrected chi connectivity index (χ2v) is 9.79. The molecule has 2 aromatic rings. The van der Waals surface area contributed by atoms with Crippen LogP contribution in [0.4, 0.5) is 0 Å². The summed E-state index contributed by atoms with van der Waals surface area (Å²) in [6, 6.07) is 6.53. The molecule has 1 aromatic carbocycles. The number of hydrogen-bond donors (Lipinski definition) is 0. The maximum atomic E-state index is 12.5. The van der Waals surface area contributed by atoms with Crippen LogP contribution in [0.3, 0.4) is 0 Å². The number of aryl methyl sites for hydroxylation is 1. The molecule has 124 valence electrons. The van der Waals surface area contributed by atoms with E-state index >= 15 is 0 Å². The van der Waals surface area contributed by atoms with Crippen molar-refractivity contribution in [3.8, 4) is 0 Å². The highest BCUT2D eigenvalue weighted by Gasteiger charge is 2.26. The topological polar surface area (TPSA) is 87.4 Å². The summed E-state index contributed by atoms with van der Waals surface area (Å²) in [7, 11) is -3.73. The molecular formula is C15H19N3O3S2. The Bertz CT molecular complexity index is 803. The van der Waals surface area contributed by atoms with Gasteiger partial charge < -0.3 is 4.55 Å². The van der Waals surface area contributed by atoms with Gasteiger partial charge in [0.2, 0.25) is 0 Å². The summed E-state index contributed by atoms with van der Waals surface area (Å²) in [5.74, 6) is 0. The highest BCUT2D eigenvalue weighted by molar-refractivity contribution is 7.91. The van der Waals surface area contributed by atoms with Crippen molar-refractivity contribution in [2.75, 3.05) is 0 Å². The molecule has 0 saturated heterocycles. The molecule has 0 spiro atoms. The number of rotatable bonds is 4. The molecule has 0 amide bonds. The largest absolute Gasteiger partial charge is 0.591 e. The Morgan fingerprint density at radius 1 is 1.26 bits per heavy atom. The van der Waals surface area contributed by atoms with Crippen LogP contribution in [0.2, 0.25) is 0 Å². The third-order valence-electron chi connectivity index (χ3n) is 2.97. The van der Waals surface area contributed by atoms with E-state index in [0.29, 0.717) is 5.56 Å². The number of hydrogen-bond acceptors (Lipinski definition) is 5. The minimum Gasteiger partial charge on any atom is -0.591 e. The molecule has 0 aliphatic rings. The lowest BCUT2D eigenvalue weighted by Gasteiger charge is -2.17. The lowest BCUT2D eigenvalue weighted by molar-refractivity contribution is 0.562. The van der Waals surface area contributed by atoms with Crippen LogP contribution in [-0.2, 0) is 21.4 Å². The summed E-state index contributed by atoms with van der Waals surface area (Å²) in [4.78, 5) is 0.160. The van der Waals surface area contributed by atoms with Crippen molar-refractivity contribution in [2.45, 2.75) is 37.3 Å². The van der Waals surface area contributed by atoms with Crippen molar-refractivity contribution in [1.82, 2.24) is 9.19 Å². The first kappa shape index (κ1) is 17.7. The van der Waals surface area contributed by atoms with Gasteiger partial charge >= 0.3 is 0 Å². The SMILES string of the molecule is Cc1ccc(S(=O)(=O)n2cc(/C=N/[S@+]([O-])C(C)(C)C)cn2)cc1. The van der Waals surface area contributed by atoms with Crippen LogP contribution in [0.1, 0.15) is 31.9 Å². The van der Waals surface area contributed by atoms with Gasteiger partial charge in [-0.15, -0.1) is 0 Å². The highest BCUT2D eigenvalue weighted by Crippen LogP contribution is 2.17. The van der Waals surface area contributed by atoms with Crippen LogP contribution in [0.25, 0.3) is 0 Å². The first-order valence-corrected chi connectivity index (χ1v) is 9.48. The minimum atomic E-state index is -3.73. The van der Waals surface area contributed by atoms with Gasteiger partial charge in [0.15, 0.2) is 0 Å². The monoisotopic (exact) mass is 353 g/mol. The predicted octanol–water partition coefficient (Wildman–Crippen LogP) is 2.31. The van der Waals surface area contributed by atoms with E-state index in [0.717, 1.165) is 9.65 Å². The molecule has 0 unspecified atom stereocenters. The van der Waals surface area contributed by atoms with Crippen molar-refractivity contribution in [1.29, 1.82) is 0 Å². The zero-order chi connectivity index (χ0) is 17.3. The molecule has 1 heterocycles. The van der Waals surface area contributed by atoms with Crippen molar-refractivity contribution >= 4 is 27.6 Å². The van der Waals surface area contributed by atoms with Crippen LogP contribution in [0.5, 0.6) is 0 Å². The molecular weight excluding hydrogens is 334 g/mol. The standard InChI is InChI=1S/C15H19N3O3S2/c1-12-5-7-14(8-6-12)23(20,21)18-11-13(9-16-18)10-17-22(19)15(2,3)4/h5-11H,1-4H3/b17-10+/t22-/m1/s1. The van der Waals surface area contributed by atoms with Crippen LogP contribution in [0, 0.1) is 6.92 Å². The van der Waals surface area contributed by atoms with Gasteiger partial charge in [0.1, 0.15) is 16.1 Å². The fraction of sp³-hybridized carbons (Fsp3) is 0.333. The average Bonchev–Trinajstić information content (AvgIpc) is 2.93. The van der Waals surface area contributed by atoms with Crippen molar-refractivity contribution in [3.63, 3.8) is 0 Å². The minimum absolute atomic E-state index is 0.160. The lowest BCUT2D eigenvalue weighted by atomic mass is 10.2. The fourth-order valence-corrected chi connectivity index (χ4v) is 3.26. The van der Waals surface area contributed by atoms with Gasteiger partial charge in [-0.3, -0.25) is 0 Å². The smallest absolute Gasteiger partial charge is 0.282 e. The van der Waals surface area contributed by atoms with E-state index in [1.54, 1.807) is 12.1 Å². The second-order valence-electron chi connectivity index (χ2n) is 6.06. The molecule has 0 bridgehead atoms. The Hall–Kier alpha value is -1.64. The van der Waals surface area contributed by atoms with Gasteiger partial charge in [-0.25, -0.2) is 0 Å². The van der Waals surface area contributed by atoms with E-state index in [1.165, 1.54) is 30.7 Å². The van der Waals surface area contributed by atoms with Crippen LogP contribution >= 0.6 is 0 Å². The quantitative estimate of drug-likeness (QED) is 0.623. The summed E-state index contributed by atoms with van der Waals surface area (Å²) in [5, 5.41) is 3.87. The van der Waals surface area contributed by atoms with E-state index < -0.39 is 26.1 Å². The zero-order valence-corrected chi connectivity index (χ0v) is 15.1. The number of nitrogens with zero attached hydrogens (tertiary/aromatic N) is 3. The fourth-order valence-electron chi connectivity index (χ4n) is 1.60. The summed E-state index contributed by atoms with van der Waals surface area (Å²) >= 11 is -1.41. The summed E-state index contributed by atoms with van der Waals surface area (Å²) in [6.07, 6.45) is 4.09. The van der Waals surface area contributed by atoms with Gasteiger partial charge in [0.25, 0.3) is 10.0 Å². The normalized spacial score (nSPS) is 14.3. The molecule has 1 atom stereocenters. The van der Waals surface area contributed by atoms with Gasteiger partial charge in [-0.05, 0) is 39.8 Å². The second kappa shape index (κ2) is 6.46. The predicted molar refractivity (Wildman–Crippen MR) is 91.5 cm³/mol. The van der Waals surface area contributed by atoms with E-state index in [9.17, 15) is 13.0 Å². The number of aromatic nitrogens is 2. The molecule has 23 heavy (non-hydrogen) atoms. The molecule has 0 saturated carbocycles. The Balaban J connectivity index is 2.25. The van der Waals surface area contributed by atoms with Crippen LogP contribution in [-0.4, -0.2) is 33.1 Å². The average molecular weight is 353 g/mol. The van der Waals surface area contributed by atoms with Crippen LogP contribution < -0.4 is 0 Å². The molecule has 8 heteroatoms. The Kier molecular flexibility index (Phi) is 4.98. The Labute approximate surface area is 139 Å². The third kappa shape index (κ3) is 4.21. The Morgan fingerprint density at radius 2 is 1.87 bits per heavy atom. The molecule has 2 rings (SSSR count). The summed E-state index contributed by atoms with van der Waals surface area (Å²) in [6.45, 7) is 7.32. The van der Waals surface area contributed by atoms with Gasteiger partial charge in [-0.2, -0.15) is 17.6 Å². The Morgan fingerprint density at radius 3 is 2.43 bits per heavy atom. The molecule has 0 radical (unpaired) electrons. The maximum Gasteiger partial charge on any atom is 0.282 e. The lowest BCUT2D eigenvalue weighted by Crippen LogP contribution is -2.25. The van der Waals surface area contributed by atoms with E-state index in [1.807, 2.05) is 27.7 Å². The molecule has 0 aliphatic carbocycles. The van der Waals surface area contributed by atoms with E-state index in [4.69, 9.17) is 0 Å². The highest BCUT2D eigenvalue weighted by atomic mass is 32.2. The van der Waals surface area contributed by atoms with Gasteiger partial charge in [0.05, 0.1) is 23.5 Å². The molecule has 6 nitrogen and oxygen atoms in total. The zero-order valence-electron chi connectivity index (χ0n) is 13.4. The molecule has 0 N–H and O–H groups in total. The maximum absolute atomic E-state index is 12.5. The first-order chi connectivity index (χ1) is 10.6. The van der Waals surface area contributed by atoms with Crippen molar-refractivity contribution in [3.05, 3.63) is 47.8 Å². The van der Waals surface area contributed by atoms with E-state index in [-0.39, 0.29) is 4.90 Å².